The summed E-state index contributed by atoms with van der Waals surface area (Å²) in [7, 11) is 0. The number of urea groups is 1. The molecule has 1 aliphatic heterocycles. The molecule has 2 N–H and O–H groups in total. The van der Waals surface area contributed by atoms with Gasteiger partial charge < -0.3 is 20.1 Å². The molecule has 3 rings (SSSR count). The zero-order chi connectivity index (χ0) is 19.2. The predicted octanol–water partition coefficient (Wildman–Crippen LogP) is 3.21. The predicted molar refractivity (Wildman–Crippen MR) is 97.2 cm³/mol. The number of rotatable bonds is 7. The first-order valence-corrected chi connectivity index (χ1v) is 8.88. The van der Waals surface area contributed by atoms with Crippen LogP contribution < -0.4 is 20.1 Å². The van der Waals surface area contributed by atoms with Crippen molar-refractivity contribution in [2.75, 3.05) is 19.8 Å². The molecule has 0 bridgehead atoms. The maximum atomic E-state index is 13.5. The van der Waals surface area contributed by atoms with E-state index in [1.807, 2.05) is 12.1 Å². The van der Waals surface area contributed by atoms with Crippen LogP contribution in [0.3, 0.4) is 0 Å². The zero-order valence-electron chi connectivity index (χ0n) is 15.1. The Hall–Kier alpha value is -2.83. The van der Waals surface area contributed by atoms with E-state index < -0.39 is 11.6 Å². The summed E-state index contributed by atoms with van der Waals surface area (Å²) >= 11 is 0. The minimum Gasteiger partial charge on any atom is -0.493 e. The van der Waals surface area contributed by atoms with Crippen molar-refractivity contribution >= 4 is 6.03 Å². The maximum Gasteiger partial charge on any atom is 0.315 e. The van der Waals surface area contributed by atoms with Crippen molar-refractivity contribution in [3.05, 3.63) is 59.2 Å². The van der Waals surface area contributed by atoms with Crippen LogP contribution in [0, 0.1) is 11.6 Å². The Labute approximate surface area is 156 Å². The molecule has 0 spiro atoms. The largest absolute Gasteiger partial charge is 0.493 e. The number of carbonyl (C=O) groups is 1. The van der Waals surface area contributed by atoms with Gasteiger partial charge in [0.1, 0.15) is 18.2 Å². The standard InChI is InChI=1S/C20H22F2N2O3/c1-13(12-27-19-5-3-16(21)11-17(19)22)24-20(25)23-8-6-14-2-4-18-15(10-14)7-9-26-18/h2-5,10-11,13H,6-9,12H2,1H3,(H2,23,24,25). The van der Waals surface area contributed by atoms with Crippen molar-refractivity contribution in [2.45, 2.75) is 25.8 Å². The molecule has 0 radical (unpaired) electrons. The van der Waals surface area contributed by atoms with Crippen LogP contribution in [0.15, 0.2) is 36.4 Å². The van der Waals surface area contributed by atoms with Crippen LogP contribution in [0.1, 0.15) is 18.1 Å². The Morgan fingerprint density at radius 2 is 2.11 bits per heavy atom. The number of halogens is 2. The van der Waals surface area contributed by atoms with Crippen molar-refractivity contribution < 1.29 is 23.0 Å². The summed E-state index contributed by atoms with van der Waals surface area (Å²) < 4.78 is 37.1. The second-order valence-corrected chi connectivity index (χ2v) is 6.48. The lowest BCUT2D eigenvalue weighted by atomic mass is 10.1. The fourth-order valence-electron chi connectivity index (χ4n) is 2.84. The highest BCUT2D eigenvalue weighted by Gasteiger charge is 2.13. The number of hydrogen-bond donors (Lipinski definition) is 2. The molecular formula is C20H22F2N2O3. The molecule has 1 aliphatic rings. The Kier molecular flexibility index (Phi) is 6.11. The Morgan fingerprint density at radius 1 is 1.26 bits per heavy atom. The van der Waals surface area contributed by atoms with E-state index in [2.05, 4.69) is 16.7 Å². The fraction of sp³-hybridized carbons (Fsp3) is 0.350. The second-order valence-electron chi connectivity index (χ2n) is 6.48. The molecule has 1 atom stereocenters. The summed E-state index contributed by atoms with van der Waals surface area (Å²) in [4.78, 5) is 11.9. The summed E-state index contributed by atoms with van der Waals surface area (Å²) in [5, 5.41) is 5.50. The number of ether oxygens (including phenoxy) is 2. The Morgan fingerprint density at radius 3 is 2.93 bits per heavy atom. The van der Waals surface area contributed by atoms with Crippen molar-refractivity contribution in [3.8, 4) is 11.5 Å². The Bertz CT molecular complexity index is 814. The van der Waals surface area contributed by atoms with Gasteiger partial charge in [0.25, 0.3) is 0 Å². The van der Waals surface area contributed by atoms with Crippen molar-refractivity contribution in [2.24, 2.45) is 0 Å². The van der Waals surface area contributed by atoms with Crippen LogP contribution in [0.5, 0.6) is 11.5 Å². The zero-order valence-corrected chi connectivity index (χ0v) is 15.1. The van der Waals surface area contributed by atoms with Crippen LogP contribution in [-0.2, 0) is 12.8 Å². The van der Waals surface area contributed by atoms with Crippen molar-refractivity contribution in [1.29, 1.82) is 0 Å². The average molecular weight is 376 g/mol. The highest BCUT2D eigenvalue weighted by Crippen LogP contribution is 2.25. The van der Waals surface area contributed by atoms with Gasteiger partial charge in [-0.2, -0.15) is 0 Å². The summed E-state index contributed by atoms with van der Waals surface area (Å²) in [6, 6.07) is 8.50. The molecule has 2 amide bonds. The number of carbonyl (C=O) groups excluding carboxylic acids is 1. The molecule has 0 aliphatic carbocycles. The van der Waals surface area contributed by atoms with Gasteiger partial charge in [-0.3, -0.25) is 0 Å². The summed E-state index contributed by atoms with van der Waals surface area (Å²) in [5.41, 5.74) is 2.35. The van der Waals surface area contributed by atoms with E-state index in [4.69, 9.17) is 9.47 Å². The summed E-state index contributed by atoms with van der Waals surface area (Å²) in [5.74, 6) is -0.547. The van der Waals surface area contributed by atoms with Crippen LogP contribution in [0.25, 0.3) is 0 Å². The highest BCUT2D eigenvalue weighted by molar-refractivity contribution is 5.74. The molecule has 5 nitrogen and oxygen atoms in total. The number of benzene rings is 2. The van der Waals surface area contributed by atoms with Crippen LogP contribution in [0.2, 0.25) is 0 Å². The molecule has 1 unspecified atom stereocenters. The number of nitrogens with one attached hydrogen (secondary N) is 2. The van der Waals surface area contributed by atoms with E-state index in [0.29, 0.717) is 13.0 Å². The van der Waals surface area contributed by atoms with Gasteiger partial charge in [0, 0.05) is 19.0 Å². The van der Waals surface area contributed by atoms with Gasteiger partial charge in [0.2, 0.25) is 0 Å². The molecule has 7 heteroatoms. The minimum absolute atomic E-state index is 0.0500. The molecule has 27 heavy (non-hydrogen) atoms. The summed E-state index contributed by atoms with van der Waals surface area (Å²) in [6.45, 7) is 3.02. The van der Waals surface area contributed by atoms with Gasteiger partial charge in [-0.1, -0.05) is 12.1 Å². The lowest BCUT2D eigenvalue weighted by Gasteiger charge is -2.16. The molecule has 2 aromatic carbocycles. The van der Waals surface area contributed by atoms with Crippen molar-refractivity contribution in [1.82, 2.24) is 10.6 Å². The third kappa shape index (κ3) is 5.32. The quantitative estimate of drug-likeness (QED) is 0.780. The van der Waals surface area contributed by atoms with E-state index in [1.165, 1.54) is 11.6 Å². The van der Waals surface area contributed by atoms with E-state index in [0.717, 1.165) is 36.5 Å². The lowest BCUT2D eigenvalue weighted by Crippen LogP contribution is -2.43. The molecule has 0 fully saturated rings. The van der Waals surface area contributed by atoms with Crippen LogP contribution in [0.4, 0.5) is 13.6 Å². The minimum atomic E-state index is -0.772. The van der Waals surface area contributed by atoms with E-state index in [9.17, 15) is 13.6 Å². The molecule has 1 heterocycles. The molecule has 2 aromatic rings. The monoisotopic (exact) mass is 376 g/mol. The highest BCUT2D eigenvalue weighted by atomic mass is 19.1. The van der Waals surface area contributed by atoms with E-state index in [-0.39, 0.29) is 24.4 Å². The van der Waals surface area contributed by atoms with Gasteiger partial charge in [-0.25, -0.2) is 13.6 Å². The Balaban J connectivity index is 1.37. The molecule has 0 saturated carbocycles. The summed E-state index contributed by atoms with van der Waals surface area (Å²) in [6.07, 6.45) is 1.63. The fourth-order valence-corrected chi connectivity index (χ4v) is 2.84. The molecule has 144 valence electrons. The topological polar surface area (TPSA) is 59.6 Å². The maximum absolute atomic E-state index is 13.5. The first kappa shape index (κ1) is 18.9. The SMILES string of the molecule is CC(COc1ccc(F)cc1F)NC(=O)NCCc1ccc2c(c1)CCO2. The van der Waals surface area contributed by atoms with E-state index in [1.54, 1.807) is 6.92 Å². The normalized spacial score (nSPS) is 13.4. The molecule has 0 saturated heterocycles. The van der Waals surface area contributed by atoms with Crippen molar-refractivity contribution in [3.63, 3.8) is 0 Å². The first-order chi connectivity index (χ1) is 13.0. The lowest BCUT2D eigenvalue weighted by molar-refractivity contribution is 0.224. The number of fused-ring (bicyclic) bond motifs is 1. The van der Waals surface area contributed by atoms with Crippen LogP contribution >= 0.6 is 0 Å². The van der Waals surface area contributed by atoms with Crippen LogP contribution in [-0.4, -0.2) is 31.8 Å². The van der Waals surface area contributed by atoms with E-state index >= 15 is 0 Å². The number of hydrogen-bond acceptors (Lipinski definition) is 3. The van der Waals surface area contributed by atoms with Gasteiger partial charge in [-0.05, 0) is 42.7 Å². The average Bonchev–Trinajstić information content (AvgIpc) is 3.08. The van der Waals surface area contributed by atoms with Gasteiger partial charge in [0.15, 0.2) is 11.6 Å². The molecule has 0 aromatic heterocycles. The third-order valence-corrected chi connectivity index (χ3v) is 4.21. The van der Waals surface area contributed by atoms with Gasteiger partial charge in [0.05, 0.1) is 12.6 Å². The van der Waals surface area contributed by atoms with Gasteiger partial charge in [-0.15, -0.1) is 0 Å². The first-order valence-electron chi connectivity index (χ1n) is 8.88. The second kappa shape index (κ2) is 8.70. The number of amides is 2. The molecular weight excluding hydrogens is 354 g/mol. The van der Waals surface area contributed by atoms with Gasteiger partial charge >= 0.3 is 6.03 Å². The third-order valence-electron chi connectivity index (χ3n) is 4.21. The smallest absolute Gasteiger partial charge is 0.315 e.